The summed E-state index contributed by atoms with van der Waals surface area (Å²) in [6, 6.07) is 6.34. The maximum atomic E-state index is 14.1. The lowest BCUT2D eigenvalue weighted by molar-refractivity contribution is -0.136. The fraction of sp³-hybridized carbons (Fsp3) is 0.118. The van der Waals surface area contributed by atoms with Crippen molar-refractivity contribution < 1.29 is 23.5 Å². The van der Waals surface area contributed by atoms with Crippen molar-refractivity contribution in [1.82, 2.24) is 9.78 Å². The van der Waals surface area contributed by atoms with Gasteiger partial charge in [0.2, 0.25) is 0 Å². The highest BCUT2D eigenvalue weighted by atomic mass is 35.5. The maximum absolute atomic E-state index is 14.1. The van der Waals surface area contributed by atoms with E-state index in [1.165, 1.54) is 16.8 Å². The zero-order valence-corrected chi connectivity index (χ0v) is 14.1. The lowest BCUT2D eigenvalue weighted by Crippen LogP contribution is -2.14. The number of hydrogen-bond donors (Lipinski definition) is 2. The number of carboxylic acids is 1. The third-order valence-electron chi connectivity index (χ3n) is 3.77. The molecule has 6 nitrogen and oxygen atoms in total. The summed E-state index contributed by atoms with van der Waals surface area (Å²) in [5.74, 6) is -3.43. The molecule has 0 fully saturated rings. The number of aryl methyl sites for hydroxylation is 1. The first-order valence-corrected chi connectivity index (χ1v) is 7.78. The molecule has 2 aromatic carbocycles. The van der Waals surface area contributed by atoms with Crippen LogP contribution in [0.5, 0.6) is 0 Å². The van der Waals surface area contributed by atoms with Gasteiger partial charge in [0.15, 0.2) is 5.69 Å². The van der Waals surface area contributed by atoms with Gasteiger partial charge in [0.1, 0.15) is 11.6 Å². The van der Waals surface area contributed by atoms with Crippen molar-refractivity contribution in [2.45, 2.75) is 6.42 Å². The van der Waals surface area contributed by atoms with Crippen LogP contribution in [0.4, 0.5) is 14.5 Å². The van der Waals surface area contributed by atoms with Crippen molar-refractivity contribution in [2.24, 2.45) is 7.05 Å². The van der Waals surface area contributed by atoms with Crippen LogP contribution in [0.3, 0.4) is 0 Å². The first kappa shape index (κ1) is 17.8. The van der Waals surface area contributed by atoms with Crippen molar-refractivity contribution in [2.75, 3.05) is 5.32 Å². The van der Waals surface area contributed by atoms with E-state index in [0.29, 0.717) is 5.52 Å². The van der Waals surface area contributed by atoms with Gasteiger partial charge in [-0.1, -0.05) is 17.7 Å². The van der Waals surface area contributed by atoms with E-state index >= 15 is 0 Å². The van der Waals surface area contributed by atoms with Crippen LogP contribution in [0.15, 0.2) is 30.3 Å². The van der Waals surface area contributed by atoms with E-state index in [1.807, 2.05) is 0 Å². The Labute approximate surface area is 151 Å². The molecule has 1 aromatic heterocycles. The minimum atomic E-state index is -1.22. The molecule has 26 heavy (non-hydrogen) atoms. The molecule has 0 saturated carbocycles. The first-order valence-electron chi connectivity index (χ1n) is 7.40. The average molecular weight is 380 g/mol. The number of halogens is 3. The number of hydrogen-bond acceptors (Lipinski definition) is 3. The van der Waals surface area contributed by atoms with Gasteiger partial charge in [-0.25, -0.2) is 8.78 Å². The fourth-order valence-electron chi connectivity index (χ4n) is 2.59. The lowest BCUT2D eigenvalue weighted by atomic mass is 10.1. The van der Waals surface area contributed by atoms with E-state index < -0.39 is 29.9 Å². The molecule has 0 bridgehead atoms. The van der Waals surface area contributed by atoms with E-state index in [4.69, 9.17) is 16.7 Å². The number of nitrogens with zero attached hydrogens (tertiary/aromatic N) is 2. The molecule has 3 aromatic rings. The summed E-state index contributed by atoms with van der Waals surface area (Å²) in [4.78, 5) is 23.2. The Kier molecular flexibility index (Phi) is 4.60. The Bertz CT molecular complexity index is 1050. The molecule has 1 amide bonds. The Morgan fingerprint density at radius 3 is 2.69 bits per heavy atom. The summed E-state index contributed by atoms with van der Waals surface area (Å²) >= 11 is 6.00. The molecule has 0 unspecified atom stereocenters. The number of fused-ring (bicyclic) bond motifs is 1. The summed E-state index contributed by atoms with van der Waals surface area (Å²) in [5, 5.41) is 15.1. The predicted octanol–water partition coefficient (Wildman–Crippen LogP) is 3.38. The number of aromatic nitrogens is 2. The van der Waals surface area contributed by atoms with Gasteiger partial charge in [-0.2, -0.15) is 5.10 Å². The van der Waals surface area contributed by atoms with Crippen LogP contribution in [0.1, 0.15) is 16.1 Å². The van der Waals surface area contributed by atoms with Gasteiger partial charge < -0.3 is 10.4 Å². The molecule has 0 aliphatic carbocycles. The van der Waals surface area contributed by atoms with Gasteiger partial charge in [0.25, 0.3) is 5.91 Å². The molecule has 1 heterocycles. The zero-order chi connectivity index (χ0) is 19.0. The normalized spacial score (nSPS) is 10.9. The fourth-order valence-corrected chi connectivity index (χ4v) is 2.83. The van der Waals surface area contributed by atoms with Crippen LogP contribution in [-0.4, -0.2) is 26.8 Å². The summed E-state index contributed by atoms with van der Waals surface area (Å²) in [6.07, 6.45) is -0.546. The molecule has 9 heteroatoms. The SMILES string of the molecule is Cn1nc(C(=O)Nc2cc(F)c(CC(=O)O)cc2Cl)c2c(F)cccc21. The summed E-state index contributed by atoms with van der Waals surface area (Å²) in [6.45, 7) is 0. The number of nitrogens with one attached hydrogen (secondary N) is 1. The van der Waals surface area contributed by atoms with Gasteiger partial charge in [0.05, 0.1) is 28.0 Å². The molecule has 0 atom stereocenters. The Morgan fingerprint density at radius 1 is 1.27 bits per heavy atom. The highest BCUT2D eigenvalue weighted by Crippen LogP contribution is 2.28. The van der Waals surface area contributed by atoms with Gasteiger partial charge in [-0.15, -0.1) is 0 Å². The van der Waals surface area contributed by atoms with Gasteiger partial charge in [-0.05, 0) is 24.3 Å². The molecule has 134 valence electrons. The molecule has 2 N–H and O–H groups in total. The average Bonchev–Trinajstić information content (AvgIpc) is 2.90. The number of carboxylic acid groups (broad SMARTS) is 1. The third-order valence-corrected chi connectivity index (χ3v) is 4.08. The van der Waals surface area contributed by atoms with Crippen LogP contribution in [-0.2, 0) is 18.3 Å². The molecule has 0 aliphatic heterocycles. The Morgan fingerprint density at radius 2 is 2.00 bits per heavy atom. The van der Waals surface area contributed by atoms with E-state index in [2.05, 4.69) is 10.4 Å². The number of rotatable bonds is 4. The van der Waals surface area contributed by atoms with E-state index in [-0.39, 0.29) is 27.4 Å². The Balaban J connectivity index is 1.96. The molecule has 0 aliphatic rings. The topological polar surface area (TPSA) is 84.2 Å². The van der Waals surface area contributed by atoms with Crippen LogP contribution in [0, 0.1) is 11.6 Å². The first-order chi connectivity index (χ1) is 12.3. The van der Waals surface area contributed by atoms with Crippen LogP contribution < -0.4 is 5.32 Å². The quantitative estimate of drug-likeness (QED) is 0.727. The standard InChI is InChI=1S/C17H12ClF2N3O3/c1-23-13-4-2-3-10(19)15(13)16(22-23)17(26)21-12-7-11(20)8(5-9(12)18)6-14(24)25/h2-5,7H,6H2,1H3,(H,21,26)(H,24,25). The zero-order valence-electron chi connectivity index (χ0n) is 13.4. The number of amides is 1. The number of carbonyl (C=O) groups excluding carboxylic acids is 1. The minimum Gasteiger partial charge on any atom is -0.481 e. The maximum Gasteiger partial charge on any atom is 0.307 e. The summed E-state index contributed by atoms with van der Waals surface area (Å²) in [7, 11) is 1.56. The minimum absolute atomic E-state index is 0.0339. The number of aliphatic carboxylic acids is 1. The summed E-state index contributed by atoms with van der Waals surface area (Å²) < 4.78 is 29.5. The second-order valence-corrected chi connectivity index (χ2v) is 5.96. The molecular formula is C17H12ClF2N3O3. The van der Waals surface area contributed by atoms with Crippen molar-refractivity contribution >= 4 is 40.1 Å². The van der Waals surface area contributed by atoms with Crippen LogP contribution in [0.25, 0.3) is 10.9 Å². The van der Waals surface area contributed by atoms with Gasteiger partial charge in [0, 0.05) is 12.6 Å². The van der Waals surface area contributed by atoms with Gasteiger partial charge >= 0.3 is 5.97 Å². The van der Waals surface area contributed by atoms with E-state index in [9.17, 15) is 18.4 Å². The second-order valence-electron chi connectivity index (χ2n) is 5.55. The largest absolute Gasteiger partial charge is 0.481 e. The molecule has 0 spiro atoms. The molecular weight excluding hydrogens is 368 g/mol. The summed E-state index contributed by atoms with van der Waals surface area (Å²) in [5.41, 5.74) is 0.0594. The molecule has 0 radical (unpaired) electrons. The van der Waals surface area contributed by atoms with Crippen molar-refractivity contribution in [3.05, 3.63) is 58.2 Å². The highest BCUT2D eigenvalue weighted by molar-refractivity contribution is 6.34. The monoisotopic (exact) mass is 379 g/mol. The molecule has 0 saturated heterocycles. The lowest BCUT2D eigenvalue weighted by Gasteiger charge is -2.09. The predicted molar refractivity (Wildman–Crippen MR) is 91.4 cm³/mol. The van der Waals surface area contributed by atoms with Crippen molar-refractivity contribution in [3.63, 3.8) is 0 Å². The van der Waals surface area contributed by atoms with Crippen molar-refractivity contribution in [3.8, 4) is 0 Å². The third kappa shape index (κ3) is 3.23. The number of benzene rings is 2. The Hall–Kier alpha value is -3.00. The molecule has 3 rings (SSSR count). The number of carbonyl (C=O) groups is 2. The van der Waals surface area contributed by atoms with E-state index in [0.717, 1.165) is 12.1 Å². The van der Waals surface area contributed by atoms with Crippen LogP contribution >= 0.6 is 11.6 Å². The van der Waals surface area contributed by atoms with Crippen molar-refractivity contribution in [1.29, 1.82) is 0 Å². The smallest absolute Gasteiger partial charge is 0.307 e. The van der Waals surface area contributed by atoms with Gasteiger partial charge in [-0.3, -0.25) is 14.3 Å². The number of anilines is 1. The second kappa shape index (κ2) is 6.72. The van der Waals surface area contributed by atoms with Crippen LogP contribution in [0.2, 0.25) is 5.02 Å². The highest BCUT2D eigenvalue weighted by Gasteiger charge is 2.21. The van der Waals surface area contributed by atoms with E-state index in [1.54, 1.807) is 13.1 Å².